The number of carbonyl (C=O) groups excluding carboxylic acids is 1. The molecular weight excluding hydrogens is 418 g/mol. The predicted octanol–water partition coefficient (Wildman–Crippen LogP) is 5.49. The van der Waals surface area contributed by atoms with Crippen LogP contribution in [0.1, 0.15) is 52.2 Å². The molecule has 7 nitrogen and oxygen atoms in total. The summed E-state index contributed by atoms with van der Waals surface area (Å²) >= 11 is 5.77. The summed E-state index contributed by atoms with van der Waals surface area (Å²) in [6.07, 6.45) is 2.34. The smallest absolute Gasteiger partial charge is 0.288 e. The molecule has 8 heteroatoms. The molecule has 0 aliphatic carbocycles. The Morgan fingerprint density at radius 2 is 1.81 bits per heavy atom. The molecule has 0 radical (unpaired) electrons. The van der Waals surface area contributed by atoms with E-state index in [4.69, 9.17) is 16.3 Å². The Bertz CT molecular complexity index is 964. The molecule has 0 fully saturated rings. The van der Waals surface area contributed by atoms with Gasteiger partial charge in [0.05, 0.1) is 11.1 Å². The van der Waals surface area contributed by atoms with Crippen LogP contribution >= 0.6 is 11.6 Å². The SMILES string of the molecule is CC(C)(C)CC(C)(C)c1ccc(OCC(=O)N/N=C/c2ccc(Cl)c([N+](=O)[O-])c2)cc1. The fourth-order valence-corrected chi connectivity index (χ4v) is 3.73. The minimum Gasteiger partial charge on any atom is -0.484 e. The van der Waals surface area contributed by atoms with Crippen LogP contribution in [-0.4, -0.2) is 23.7 Å². The Morgan fingerprint density at radius 3 is 2.39 bits per heavy atom. The van der Waals surface area contributed by atoms with Crippen molar-refractivity contribution in [1.82, 2.24) is 5.43 Å². The zero-order chi connectivity index (χ0) is 23.2. The zero-order valence-corrected chi connectivity index (χ0v) is 19.2. The Kier molecular flexibility index (Phi) is 7.79. The molecule has 2 aromatic carbocycles. The van der Waals surface area contributed by atoms with E-state index in [2.05, 4.69) is 45.1 Å². The number of nitrogens with zero attached hydrogens (tertiary/aromatic N) is 2. The second-order valence-electron chi connectivity index (χ2n) is 9.20. The van der Waals surface area contributed by atoms with Gasteiger partial charge in [-0.05, 0) is 41.0 Å². The summed E-state index contributed by atoms with van der Waals surface area (Å²) in [5.41, 5.74) is 3.99. The summed E-state index contributed by atoms with van der Waals surface area (Å²) in [5, 5.41) is 14.7. The van der Waals surface area contributed by atoms with Crippen LogP contribution in [0, 0.1) is 15.5 Å². The molecule has 0 saturated carbocycles. The van der Waals surface area contributed by atoms with E-state index in [1.807, 2.05) is 24.3 Å². The number of ether oxygens (including phenoxy) is 1. The van der Waals surface area contributed by atoms with E-state index in [1.54, 1.807) is 6.07 Å². The topological polar surface area (TPSA) is 93.8 Å². The number of hydrogen-bond acceptors (Lipinski definition) is 5. The largest absolute Gasteiger partial charge is 0.484 e. The maximum absolute atomic E-state index is 11.9. The molecule has 0 heterocycles. The second kappa shape index (κ2) is 9.92. The molecule has 31 heavy (non-hydrogen) atoms. The first-order valence-electron chi connectivity index (χ1n) is 9.87. The Morgan fingerprint density at radius 1 is 1.16 bits per heavy atom. The van der Waals surface area contributed by atoms with Crippen LogP contribution < -0.4 is 10.2 Å². The van der Waals surface area contributed by atoms with Gasteiger partial charge in [-0.25, -0.2) is 5.43 Å². The number of nitro groups is 1. The molecule has 0 spiro atoms. The Labute approximate surface area is 187 Å². The lowest BCUT2D eigenvalue weighted by Crippen LogP contribution is -2.25. The van der Waals surface area contributed by atoms with E-state index in [9.17, 15) is 14.9 Å². The van der Waals surface area contributed by atoms with Crippen molar-refractivity contribution in [2.45, 2.75) is 46.5 Å². The molecule has 1 amide bonds. The highest BCUT2D eigenvalue weighted by atomic mass is 35.5. The minimum absolute atomic E-state index is 0.0274. The average Bonchev–Trinajstić information content (AvgIpc) is 2.66. The summed E-state index contributed by atoms with van der Waals surface area (Å²) in [4.78, 5) is 22.3. The van der Waals surface area contributed by atoms with Gasteiger partial charge in [0.1, 0.15) is 10.8 Å². The quantitative estimate of drug-likeness (QED) is 0.330. The summed E-state index contributed by atoms with van der Waals surface area (Å²) in [6.45, 7) is 10.9. The molecular formula is C23H28ClN3O4. The van der Waals surface area contributed by atoms with Crippen molar-refractivity contribution >= 4 is 29.4 Å². The molecule has 2 rings (SSSR count). The number of benzene rings is 2. The Hall–Kier alpha value is -2.93. The molecule has 0 atom stereocenters. The van der Waals surface area contributed by atoms with Crippen molar-refractivity contribution in [2.24, 2.45) is 10.5 Å². The van der Waals surface area contributed by atoms with Crippen LogP contribution in [-0.2, 0) is 10.2 Å². The van der Waals surface area contributed by atoms with Gasteiger partial charge in [-0.2, -0.15) is 5.10 Å². The van der Waals surface area contributed by atoms with Gasteiger partial charge < -0.3 is 4.74 Å². The highest BCUT2D eigenvalue weighted by Gasteiger charge is 2.27. The van der Waals surface area contributed by atoms with Crippen LogP contribution in [0.5, 0.6) is 5.75 Å². The number of hydrogen-bond donors (Lipinski definition) is 1. The molecule has 1 N–H and O–H groups in total. The number of nitrogens with one attached hydrogen (secondary N) is 1. The lowest BCUT2D eigenvalue weighted by Gasteiger charge is -2.33. The minimum atomic E-state index is -0.582. The number of amides is 1. The summed E-state index contributed by atoms with van der Waals surface area (Å²) in [6, 6.07) is 12.0. The standard InChI is InChI=1S/C23H28ClN3O4/c1-22(2,3)15-23(4,5)17-7-9-18(10-8-17)31-14-21(28)26-25-13-16-6-11-19(24)20(12-16)27(29)30/h6-13H,14-15H2,1-5H3,(H,26,28)/b25-13+. The van der Waals surface area contributed by atoms with Crippen molar-refractivity contribution in [3.05, 3.63) is 68.7 Å². The molecule has 2 aromatic rings. The van der Waals surface area contributed by atoms with Crippen molar-refractivity contribution in [3.63, 3.8) is 0 Å². The molecule has 0 saturated heterocycles. The van der Waals surface area contributed by atoms with E-state index in [1.165, 1.54) is 23.9 Å². The zero-order valence-electron chi connectivity index (χ0n) is 18.4. The van der Waals surface area contributed by atoms with Gasteiger partial charge in [0.2, 0.25) is 0 Å². The monoisotopic (exact) mass is 445 g/mol. The van der Waals surface area contributed by atoms with Gasteiger partial charge >= 0.3 is 0 Å². The van der Waals surface area contributed by atoms with E-state index in [0.717, 1.165) is 6.42 Å². The number of rotatable bonds is 8. The first-order valence-corrected chi connectivity index (χ1v) is 10.2. The van der Waals surface area contributed by atoms with Crippen LogP contribution in [0.3, 0.4) is 0 Å². The van der Waals surface area contributed by atoms with Crippen molar-refractivity contribution < 1.29 is 14.5 Å². The van der Waals surface area contributed by atoms with Gasteiger partial charge in [-0.15, -0.1) is 0 Å². The number of hydrazone groups is 1. The molecule has 0 bridgehead atoms. The summed E-state index contributed by atoms with van der Waals surface area (Å²) in [5.74, 6) is 0.139. The lowest BCUT2D eigenvalue weighted by molar-refractivity contribution is -0.384. The van der Waals surface area contributed by atoms with Crippen molar-refractivity contribution in [2.75, 3.05) is 6.61 Å². The van der Waals surface area contributed by atoms with Gasteiger partial charge in [0, 0.05) is 11.6 Å². The van der Waals surface area contributed by atoms with Gasteiger partial charge in [0.25, 0.3) is 11.6 Å². The van der Waals surface area contributed by atoms with Gasteiger partial charge in [0.15, 0.2) is 6.61 Å². The number of nitro benzene ring substituents is 1. The third kappa shape index (κ3) is 7.68. The molecule has 0 aromatic heterocycles. The average molecular weight is 446 g/mol. The lowest BCUT2D eigenvalue weighted by atomic mass is 9.72. The van der Waals surface area contributed by atoms with Crippen LogP contribution in [0.2, 0.25) is 5.02 Å². The van der Waals surface area contributed by atoms with Gasteiger partial charge in [-0.3, -0.25) is 14.9 Å². The van der Waals surface area contributed by atoms with Crippen molar-refractivity contribution in [3.8, 4) is 5.75 Å². The number of halogens is 1. The molecule has 0 aliphatic heterocycles. The number of carbonyl (C=O) groups is 1. The highest BCUT2D eigenvalue weighted by molar-refractivity contribution is 6.32. The van der Waals surface area contributed by atoms with Crippen LogP contribution in [0.4, 0.5) is 5.69 Å². The Balaban J connectivity index is 1.88. The fraction of sp³-hybridized carbons (Fsp3) is 0.391. The van der Waals surface area contributed by atoms with E-state index < -0.39 is 10.8 Å². The normalized spacial score (nSPS) is 12.1. The molecule has 0 unspecified atom stereocenters. The van der Waals surface area contributed by atoms with Crippen LogP contribution in [0.15, 0.2) is 47.6 Å². The third-order valence-corrected chi connectivity index (χ3v) is 4.87. The predicted molar refractivity (Wildman–Crippen MR) is 123 cm³/mol. The molecule has 0 aliphatic rings. The molecule has 166 valence electrons. The van der Waals surface area contributed by atoms with E-state index >= 15 is 0 Å². The first kappa shape index (κ1) is 24.3. The second-order valence-corrected chi connectivity index (χ2v) is 9.60. The van der Waals surface area contributed by atoms with Gasteiger partial charge in [-0.1, -0.05) is 64.4 Å². The summed E-state index contributed by atoms with van der Waals surface area (Å²) in [7, 11) is 0. The maximum Gasteiger partial charge on any atom is 0.288 e. The fourth-order valence-electron chi connectivity index (χ4n) is 3.54. The van der Waals surface area contributed by atoms with Crippen molar-refractivity contribution in [1.29, 1.82) is 0 Å². The van der Waals surface area contributed by atoms with E-state index in [0.29, 0.717) is 11.3 Å². The maximum atomic E-state index is 11.9. The third-order valence-electron chi connectivity index (χ3n) is 4.55. The van der Waals surface area contributed by atoms with Crippen LogP contribution in [0.25, 0.3) is 0 Å². The first-order chi connectivity index (χ1) is 14.4. The highest BCUT2D eigenvalue weighted by Crippen LogP contribution is 2.36. The van der Waals surface area contributed by atoms with E-state index in [-0.39, 0.29) is 28.1 Å². The summed E-state index contributed by atoms with van der Waals surface area (Å²) < 4.78 is 5.51.